The van der Waals surface area contributed by atoms with Gasteiger partial charge in [-0.25, -0.2) is 0 Å². The molecule has 3 nitrogen and oxygen atoms in total. The van der Waals surface area contributed by atoms with Crippen LogP contribution in [0.25, 0.3) is 0 Å². The SMILES string of the molecule is C1CCCC1.C1CCCC1.CCC.O=C(c1ccccc1)N(O)c1ccccc1.[CH3-].[CH3-].[V+2]. The molecule has 179 valence electrons. The summed E-state index contributed by atoms with van der Waals surface area (Å²) in [6.07, 6.45) is 16.2. The molecule has 2 aliphatic carbocycles. The van der Waals surface area contributed by atoms with Crippen LogP contribution in [0.1, 0.15) is 94.8 Å². The average molecular weight is 479 g/mol. The third kappa shape index (κ3) is 16.1. The first-order chi connectivity index (χ1) is 14.2. The molecule has 2 saturated carbocycles. The summed E-state index contributed by atoms with van der Waals surface area (Å²) < 4.78 is 0. The molecule has 2 aromatic carbocycles. The molecule has 0 bridgehead atoms. The van der Waals surface area contributed by atoms with E-state index in [-0.39, 0.29) is 33.4 Å². The summed E-state index contributed by atoms with van der Waals surface area (Å²) in [5.41, 5.74) is 0.908. The molecule has 2 fully saturated rings. The van der Waals surface area contributed by atoms with Gasteiger partial charge in [-0.3, -0.25) is 10.0 Å². The molecular weight excluding hydrogens is 433 g/mol. The maximum atomic E-state index is 11.8. The van der Waals surface area contributed by atoms with Crippen LogP contribution in [0.4, 0.5) is 5.69 Å². The summed E-state index contributed by atoms with van der Waals surface area (Å²) in [6.45, 7) is 4.25. The van der Waals surface area contributed by atoms with Crippen LogP contribution < -0.4 is 5.06 Å². The molecule has 2 aromatic rings. The molecule has 2 aliphatic rings. The second kappa shape index (κ2) is 24.1. The van der Waals surface area contributed by atoms with E-state index in [1.165, 1.54) is 70.6 Å². The molecule has 0 saturated heterocycles. The van der Waals surface area contributed by atoms with Crippen molar-refractivity contribution in [2.75, 3.05) is 5.06 Å². The standard InChI is InChI=1S/C13H11NO2.2C5H10.C3H8.2CH3.V/c15-13(11-7-3-1-4-8-11)14(16)12-9-5-2-6-10-12;2*1-2-4-5-3-1;1-3-2;;;/h1-10,16H;2*1-5H2;3H2,1-2H3;2*1H3;/q;;;;2*-1;+2. The number of para-hydroxylation sites is 1. The Morgan fingerprint density at radius 2 is 0.969 bits per heavy atom. The number of hydrogen-bond acceptors (Lipinski definition) is 2. The largest absolute Gasteiger partial charge is 2.00 e. The average Bonchev–Trinajstić information content (AvgIpc) is 3.54. The van der Waals surface area contributed by atoms with Crippen LogP contribution >= 0.6 is 0 Å². The van der Waals surface area contributed by atoms with E-state index in [2.05, 4.69) is 13.8 Å². The Hall–Kier alpha value is -1.55. The third-order valence-corrected chi connectivity index (χ3v) is 4.71. The fourth-order valence-electron chi connectivity index (χ4n) is 3.16. The van der Waals surface area contributed by atoms with Gasteiger partial charge in [-0.05, 0) is 24.3 Å². The van der Waals surface area contributed by atoms with E-state index in [0.29, 0.717) is 16.3 Å². The number of carbonyl (C=O) groups is 1. The summed E-state index contributed by atoms with van der Waals surface area (Å²) in [4.78, 5) is 11.8. The number of benzene rings is 2. The maximum absolute atomic E-state index is 11.8. The zero-order valence-corrected chi connectivity index (χ0v) is 22.2. The molecule has 0 aromatic heterocycles. The molecule has 0 aliphatic heterocycles. The number of hydroxylamine groups is 1. The minimum Gasteiger partial charge on any atom is -0.358 e. The zero-order chi connectivity index (χ0) is 21.2. The van der Waals surface area contributed by atoms with Gasteiger partial charge in [0.2, 0.25) is 0 Å². The van der Waals surface area contributed by atoms with E-state index in [1.807, 2.05) is 12.1 Å². The predicted molar refractivity (Wildman–Crippen MR) is 136 cm³/mol. The van der Waals surface area contributed by atoms with Crippen LogP contribution in [0.3, 0.4) is 0 Å². The van der Waals surface area contributed by atoms with E-state index < -0.39 is 5.91 Å². The fourth-order valence-corrected chi connectivity index (χ4v) is 3.16. The van der Waals surface area contributed by atoms with Crippen LogP contribution in [0.2, 0.25) is 0 Å². The van der Waals surface area contributed by atoms with E-state index >= 15 is 0 Å². The van der Waals surface area contributed by atoms with Crippen molar-refractivity contribution in [3.63, 3.8) is 0 Å². The first-order valence-electron chi connectivity index (χ1n) is 11.3. The number of carbonyl (C=O) groups excluding carboxylic acids is 1. The van der Waals surface area contributed by atoms with Crippen molar-refractivity contribution < 1.29 is 28.6 Å². The Balaban J connectivity index is -0.000000436. The third-order valence-electron chi connectivity index (χ3n) is 4.71. The van der Waals surface area contributed by atoms with Gasteiger partial charge in [0.25, 0.3) is 5.91 Å². The van der Waals surface area contributed by atoms with Crippen LogP contribution in [-0.4, -0.2) is 11.1 Å². The first kappa shape index (κ1) is 35.1. The van der Waals surface area contributed by atoms with Crippen molar-refractivity contribution in [2.24, 2.45) is 0 Å². The molecular formula is C28H45NO2V. The second-order valence-electron chi connectivity index (χ2n) is 7.56. The van der Waals surface area contributed by atoms with Gasteiger partial charge in [-0.15, -0.1) is 0 Å². The van der Waals surface area contributed by atoms with Crippen molar-refractivity contribution in [2.45, 2.75) is 84.5 Å². The van der Waals surface area contributed by atoms with Crippen LogP contribution in [-0.2, 0) is 18.6 Å². The Labute approximate surface area is 210 Å². The summed E-state index contributed by atoms with van der Waals surface area (Å²) in [5, 5.41) is 10.4. The number of amides is 1. The van der Waals surface area contributed by atoms with Crippen molar-refractivity contribution in [3.05, 3.63) is 81.1 Å². The Morgan fingerprint density at radius 3 is 1.28 bits per heavy atom. The van der Waals surface area contributed by atoms with Gasteiger partial charge in [0.1, 0.15) is 0 Å². The molecule has 0 unspecified atom stereocenters. The van der Waals surface area contributed by atoms with Crippen molar-refractivity contribution >= 4 is 11.6 Å². The number of rotatable bonds is 2. The van der Waals surface area contributed by atoms with E-state index in [4.69, 9.17) is 0 Å². The molecule has 1 radical (unpaired) electrons. The number of anilines is 1. The smallest absolute Gasteiger partial charge is 0.358 e. The summed E-state index contributed by atoms with van der Waals surface area (Å²) in [6, 6.07) is 17.3. The summed E-state index contributed by atoms with van der Waals surface area (Å²) >= 11 is 0. The van der Waals surface area contributed by atoms with Gasteiger partial charge in [0.05, 0.1) is 5.69 Å². The topological polar surface area (TPSA) is 40.5 Å². The van der Waals surface area contributed by atoms with Crippen LogP contribution in [0.5, 0.6) is 0 Å². The minimum absolute atomic E-state index is 0. The Morgan fingerprint density at radius 1 is 0.688 bits per heavy atom. The molecule has 1 amide bonds. The van der Waals surface area contributed by atoms with Crippen molar-refractivity contribution in [1.82, 2.24) is 0 Å². The van der Waals surface area contributed by atoms with Crippen LogP contribution in [0.15, 0.2) is 60.7 Å². The van der Waals surface area contributed by atoms with Gasteiger partial charge < -0.3 is 14.9 Å². The van der Waals surface area contributed by atoms with E-state index in [1.54, 1.807) is 48.5 Å². The number of hydrogen-bond donors (Lipinski definition) is 1. The predicted octanol–water partition coefficient (Wildman–Crippen LogP) is 8.94. The molecule has 0 spiro atoms. The molecule has 32 heavy (non-hydrogen) atoms. The van der Waals surface area contributed by atoms with Gasteiger partial charge in [0.15, 0.2) is 0 Å². The number of nitrogens with zero attached hydrogens (tertiary/aromatic N) is 1. The van der Waals surface area contributed by atoms with Crippen molar-refractivity contribution in [3.8, 4) is 0 Å². The van der Waals surface area contributed by atoms with E-state index in [9.17, 15) is 10.0 Å². The summed E-state index contributed by atoms with van der Waals surface area (Å²) in [5.74, 6) is -0.438. The monoisotopic (exact) mass is 478 g/mol. The Kier molecular flexibility index (Phi) is 26.4. The molecule has 4 rings (SSSR count). The maximum Gasteiger partial charge on any atom is 2.00 e. The molecule has 0 heterocycles. The van der Waals surface area contributed by atoms with Gasteiger partial charge in [-0.2, -0.15) is 5.06 Å². The Bertz CT molecular complexity index is 601. The van der Waals surface area contributed by atoms with Crippen molar-refractivity contribution in [1.29, 1.82) is 0 Å². The summed E-state index contributed by atoms with van der Waals surface area (Å²) in [7, 11) is 0. The van der Waals surface area contributed by atoms with Gasteiger partial charge in [-0.1, -0.05) is 121 Å². The molecule has 1 N–H and O–H groups in total. The second-order valence-corrected chi connectivity index (χ2v) is 7.56. The van der Waals surface area contributed by atoms with Gasteiger partial charge >= 0.3 is 18.6 Å². The quantitative estimate of drug-likeness (QED) is 0.266. The van der Waals surface area contributed by atoms with E-state index in [0.717, 1.165) is 0 Å². The fraction of sp³-hybridized carbons (Fsp3) is 0.464. The zero-order valence-electron chi connectivity index (χ0n) is 20.8. The van der Waals surface area contributed by atoms with Gasteiger partial charge in [0, 0.05) is 5.56 Å². The minimum atomic E-state index is -0.438. The van der Waals surface area contributed by atoms with Crippen LogP contribution in [0, 0.1) is 14.9 Å². The first-order valence-corrected chi connectivity index (χ1v) is 11.3. The normalized spacial score (nSPS) is 13.0. The molecule has 0 atom stereocenters. The molecule has 4 heteroatoms.